The van der Waals surface area contributed by atoms with Crippen molar-refractivity contribution < 1.29 is 13.9 Å². The van der Waals surface area contributed by atoms with Crippen LogP contribution in [0.2, 0.25) is 0 Å². The van der Waals surface area contributed by atoms with Crippen LogP contribution in [0.4, 0.5) is 15.8 Å². The van der Waals surface area contributed by atoms with E-state index in [1.165, 1.54) is 17.8 Å². The topological polar surface area (TPSA) is 45.1 Å². The van der Waals surface area contributed by atoms with Crippen molar-refractivity contribution in [1.82, 2.24) is 4.90 Å². The van der Waals surface area contributed by atoms with Crippen molar-refractivity contribution in [3.05, 3.63) is 94.6 Å². The second-order valence-corrected chi connectivity index (χ2v) is 9.49. The van der Waals surface area contributed by atoms with Gasteiger partial charge in [0.25, 0.3) is 5.91 Å². The molecule has 1 amide bonds. The zero-order chi connectivity index (χ0) is 24.2. The van der Waals surface area contributed by atoms with Crippen LogP contribution < -0.4 is 9.64 Å². The number of halogens is 1. The van der Waals surface area contributed by atoms with E-state index in [-0.39, 0.29) is 11.7 Å². The van der Waals surface area contributed by atoms with Gasteiger partial charge in [0.05, 0.1) is 29.9 Å². The normalized spacial score (nSPS) is 18.2. The Morgan fingerprint density at radius 3 is 2.46 bits per heavy atom. The van der Waals surface area contributed by atoms with Crippen LogP contribution in [-0.2, 0) is 11.3 Å². The van der Waals surface area contributed by atoms with Crippen molar-refractivity contribution in [2.75, 3.05) is 25.1 Å². The molecule has 0 saturated carbocycles. The van der Waals surface area contributed by atoms with E-state index in [1.807, 2.05) is 66.7 Å². The number of nitrogens with zero attached hydrogens (tertiary/aromatic N) is 3. The van der Waals surface area contributed by atoms with Crippen molar-refractivity contribution in [2.24, 2.45) is 4.99 Å². The first-order valence-electron chi connectivity index (χ1n) is 11.6. The fourth-order valence-electron chi connectivity index (χ4n) is 4.24. The minimum Gasteiger partial charge on any atom is -0.497 e. The maximum Gasteiger partial charge on any atom is 0.267 e. The van der Waals surface area contributed by atoms with E-state index < -0.39 is 0 Å². The summed E-state index contributed by atoms with van der Waals surface area (Å²) in [5.74, 6) is 0.350. The number of carbonyl (C=O) groups excluding carboxylic acids is 1. The molecule has 178 valence electrons. The molecule has 7 heteroatoms. The van der Waals surface area contributed by atoms with Crippen molar-refractivity contribution in [1.29, 1.82) is 0 Å². The number of rotatable bonds is 6. The number of aliphatic imine (C=N–C) groups is 1. The van der Waals surface area contributed by atoms with Gasteiger partial charge in [0.15, 0.2) is 5.17 Å². The van der Waals surface area contributed by atoms with Gasteiger partial charge < -0.3 is 9.64 Å². The highest BCUT2D eigenvalue weighted by molar-refractivity contribution is 8.18. The molecule has 2 aliphatic heterocycles. The summed E-state index contributed by atoms with van der Waals surface area (Å²) in [4.78, 5) is 22.4. The number of ether oxygens (including phenoxy) is 1. The van der Waals surface area contributed by atoms with Crippen LogP contribution >= 0.6 is 11.8 Å². The predicted molar refractivity (Wildman–Crippen MR) is 140 cm³/mol. The van der Waals surface area contributed by atoms with Crippen molar-refractivity contribution in [3.8, 4) is 5.75 Å². The van der Waals surface area contributed by atoms with Crippen molar-refractivity contribution in [3.63, 3.8) is 0 Å². The third-order valence-electron chi connectivity index (χ3n) is 6.09. The Labute approximate surface area is 208 Å². The van der Waals surface area contributed by atoms with E-state index in [1.54, 1.807) is 18.1 Å². The van der Waals surface area contributed by atoms with Gasteiger partial charge in [0.2, 0.25) is 0 Å². The maximum atomic E-state index is 14.9. The minimum absolute atomic E-state index is 0.149. The average Bonchev–Trinajstić information content (AvgIpc) is 3.50. The Balaban J connectivity index is 1.44. The molecule has 5 rings (SSSR count). The molecule has 0 unspecified atom stereocenters. The highest BCUT2D eigenvalue weighted by Gasteiger charge is 2.33. The Kier molecular flexibility index (Phi) is 6.86. The zero-order valence-electron chi connectivity index (χ0n) is 19.5. The van der Waals surface area contributed by atoms with E-state index in [0.29, 0.717) is 27.9 Å². The van der Waals surface area contributed by atoms with Crippen LogP contribution in [0, 0.1) is 5.82 Å². The lowest BCUT2D eigenvalue weighted by molar-refractivity contribution is -0.122. The predicted octanol–water partition coefficient (Wildman–Crippen LogP) is 6.24. The SMILES string of the molecule is COc1ccc(CN2C(=O)/C(=C/c3ccc(N4CCCC4)c(F)c3)SC2=Nc2ccccc2)cc1. The molecule has 2 saturated heterocycles. The number of hydrogen-bond acceptors (Lipinski definition) is 5. The molecular weight excluding hydrogens is 461 g/mol. The quantitative estimate of drug-likeness (QED) is 0.386. The first kappa shape index (κ1) is 23.2. The Hall–Kier alpha value is -3.58. The number of para-hydroxylation sites is 1. The monoisotopic (exact) mass is 487 g/mol. The summed E-state index contributed by atoms with van der Waals surface area (Å²) in [6, 6.07) is 22.4. The highest BCUT2D eigenvalue weighted by atomic mass is 32.2. The van der Waals surface area contributed by atoms with E-state index in [9.17, 15) is 9.18 Å². The van der Waals surface area contributed by atoms with Gasteiger partial charge in [-0.25, -0.2) is 9.38 Å². The third-order valence-corrected chi connectivity index (χ3v) is 7.09. The number of carbonyl (C=O) groups is 1. The van der Waals surface area contributed by atoms with Gasteiger partial charge in [0.1, 0.15) is 11.6 Å². The van der Waals surface area contributed by atoms with E-state index >= 15 is 0 Å². The lowest BCUT2D eigenvalue weighted by Crippen LogP contribution is -2.28. The lowest BCUT2D eigenvalue weighted by atomic mass is 10.1. The standard InChI is InChI=1S/C28H26FN3O2S/c1-34-23-12-9-20(10-13-23)19-32-27(33)26(35-28(32)30-22-7-3-2-4-8-22)18-21-11-14-25(24(29)17-21)31-15-5-6-16-31/h2-4,7-14,17-18H,5-6,15-16,19H2,1H3/b26-18-,30-28?. The van der Waals surface area contributed by atoms with Gasteiger partial charge in [-0.1, -0.05) is 36.4 Å². The smallest absolute Gasteiger partial charge is 0.267 e. The molecule has 35 heavy (non-hydrogen) atoms. The number of benzene rings is 3. The van der Waals surface area contributed by atoms with Gasteiger partial charge >= 0.3 is 0 Å². The summed E-state index contributed by atoms with van der Waals surface area (Å²) in [6.07, 6.45) is 3.92. The van der Waals surface area contributed by atoms with Crippen molar-refractivity contribution >= 4 is 40.3 Å². The summed E-state index contributed by atoms with van der Waals surface area (Å²) >= 11 is 1.31. The largest absolute Gasteiger partial charge is 0.497 e. The summed E-state index contributed by atoms with van der Waals surface area (Å²) in [5, 5.41) is 0.595. The number of thioether (sulfide) groups is 1. The Morgan fingerprint density at radius 2 is 1.77 bits per heavy atom. The van der Waals surface area contributed by atoms with Crippen LogP contribution in [0.15, 0.2) is 82.7 Å². The minimum atomic E-state index is -0.259. The first-order chi connectivity index (χ1) is 17.1. The van der Waals surface area contributed by atoms with E-state index in [2.05, 4.69) is 4.90 Å². The van der Waals surface area contributed by atoms with Crippen LogP contribution in [0.1, 0.15) is 24.0 Å². The molecule has 0 aromatic heterocycles. The van der Waals surface area contributed by atoms with Gasteiger partial charge in [0, 0.05) is 13.1 Å². The van der Waals surface area contributed by atoms with Crippen LogP contribution in [0.5, 0.6) is 5.75 Å². The molecule has 3 aromatic rings. The molecule has 2 fully saturated rings. The first-order valence-corrected chi connectivity index (χ1v) is 12.4. The maximum absolute atomic E-state index is 14.9. The summed E-state index contributed by atoms with van der Waals surface area (Å²) in [7, 11) is 1.62. The second-order valence-electron chi connectivity index (χ2n) is 8.48. The fraction of sp³-hybridized carbons (Fsp3) is 0.214. The van der Waals surface area contributed by atoms with Gasteiger partial charge in [-0.3, -0.25) is 9.69 Å². The molecule has 0 atom stereocenters. The summed E-state index contributed by atoms with van der Waals surface area (Å²) in [5.41, 5.74) is 3.02. The number of methoxy groups -OCH3 is 1. The number of anilines is 1. The molecule has 2 heterocycles. The molecular formula is C28H26FN3O2S. The van der Waals surface area contributed by atoms with E-state index in [4.69, 9.17) is 9.73 Å². The summed E-state index contributed by atoms with van der Waals surface area (Å²) < 4.78 is 20.1. The van der Waals surface area contributed by atoms with Crippen LogP contribution in [-0.4, -0.2) is 36.2 Å². The van der Waals surface area contributed by atoms with Crippen LogP contribution in [0.25, 0.3) is 6.08 Å². The molecule has 0 aliphatic carbocycles. The molecule has 0 radical (unpaired) electrons. The number of amidine groups is 1. The Bertz CT molecular complexity index is 1270. The average molecular weight is 488 g/mol. The molecule has 2 aliphatic rings. The van der Waals surface area contributed by atoms with E-state index in [0.717, 1.165) is 42.9 Å². The van der Waals surface area contributed by atoms with Crippen molar-refractivity contribution in [2.45, 2.75) is 19.4 Å². The highest BCUT2D eigenvalue weighted by Crippen LogP contribution is 2.36. The number of hydrogen-bond donors (Lipinski definition) is 0. The second kappa shape index (κ2) is 10.4. The third kappa shape index (κ3) is 5.25. The molecule has 0 bridgehead atoms. The molecule has 0 spiro atoms. The van der Waals surface area contributed by atoms with Gasteiger partial charge in [-0.2, -0.15) is 0 Å². The molecule has 0 N–H and O–H groups in total. The van der Waals surface area contributed by atoms with Crippen LogP contribution in [0.3, 0.4) is 0 Å². The lowest BCUT2D eigenvalue weighted by Gasteiger charge is -2.18. The Morgan fingerprint density at radius 1 is 1.03 bits per heavy atom. The molecule has 3 aromatic carbocycles. The van der Waals surface area contributed by atoms with Gasteiger partial charge in [-0.05, 0) is 78.2 Å². The summed E-state index contributed by atoms with van der Waals surface area (Å²) in [6.45, 7) is 2.14. The van der Waals surface area contributed by atoms with Gasteiger partial charge in [-0.15, -0.1) is 0 Å². The zero-order valence-corrected chi connectivity index (χ0v) is 20.3. The fourth-order valence-corrected chi connectivity index (χ4v) is 5.23. The molecule has 5 nitrogen and oxygen atoms in total. The number of amides is 1.